The first-order valence-electron chi connectivity index (χ1n) is 9.09. The Kier molecular flexibility index (Phi) is 7.79. The highest BCUT2D eigenvalue weighted by molar-refractivity contribution is 5.81. The fourth-order valence-corrected chi connectivity index (χ4v) is 3.41. The third kappa shape index (κ3) is 6.81. The van der Waals surface area contributed by atoms with Crippen LogP contribution in [0.1, 0.15) is 32.6 Å². The van der Waals surface area contributed by atoms with Gasteiger partial charge in [0, 0.05) is 31.6 Å². The highest BCUT2D eigenvalue weighted by Crippen LogP contribution is 2.37. The number of alkyl halides is 3. The maximum atomic E-state index is 13.3. The number of carbonyl (C=O) groups is 1. The van der Waals surface area contributed by atoms with Gasteiger partial charge >= 0.3 is 6.18 Å². The van der Waals surface area contributed by atoms with Crippen molar-refractivity contribution in [2.24, 2.45) is 5.92 Å². The van der Waals surface area contributed by atoms with Crippen molar-refractivity contribution in [3.63, 3.8) is 0 Å². The number of hydrogen-bond donors (Lipinski definition) is 3. The molecule has 2 aliphatic rings. The molecule has 0 aromatic heterocycles. The molecule has 1 aliphatic carbocycles. The number of Topliss-reactive ketones (excluding diaryl/α,β-unsaturated/α-hetero) is 1. The molecule has 3 N–H and O–H groups in total. The summed E-state index contributed by atoms with van der Waals surface area (Å²) in [5, 5.41) is 9.83. The number of rotatable bonds is 8. The minimum absolute atomic E-state index is 0.0183. The van der Waals surface area contributed by atoms with Gasteiger partial charge in [-0.05, 0) is 44.7 Å². The van der Waals surface area contributed by atoms with Crippen LogP contribution in [0.2, 0.25) is 0 Å². The smallest absolute Gasteiger partial charge is 0.314 e. The molecule has 1 heterocycles. The number of allylic oxidation sites excluding steroid dienone is 4. The topological polar surface area (TPSA) is 53.2 Å². The average Bonchev–Trinajstić information content (AvgIpc) is 2.55. The second kappa shape index (κ2) is 9.62. The van der Waals surface area contributed by atoms with Crippen molar-refractivity contribution in [3.8, 4) is 0 Å². The molecule has 0 bridgehead atoms. The Labute approximate surface area is 151 Å². The summed E-state index contributed by atoms with van der Waals surface area (Å²) in [6, 6.07) is 0.971. The molecule has 0 amide bonds. The van der Waals surface area contributed by atoms with E-state index in [9.17, 15) is 22.4 Å². The summed E-state index contributed by atoms with van der Waals surface area (Å²) in [7, 11) is 0. The summed E-state index contributed by atoms with van der Waals surface area (Å²) < 4.78 is 51.5. The van der Waals surface area contributed by atoms with Crippen molar-refractivity contribution >= 4 is 5.78 Å². The van der Waals surface area contributed by atoms with Gasteiger partial charge in [0.25, 0.3) is 0 Å². The van der Waals surface area contributed by atoms with Crippen LogP contribution in [0.15, 0.2) is 23.6 Å². The van der Waals surface area contributed by atoms with Crippen LogP contribution in [-0.4, -0.2) is 50.2 Å². The normalized spacial score (nSPS) is 27.0. The fourth-order valence-electron chi connectivity index (χ4n) is 3.41. The second-order valence-corrected chi connectivity index (χ2v) is 7.10. The van der Waals surface area contributed by atoms with E-state index in [1.807, 2.05) is 0 Å². The Morgan fingerprint density at radius 3 is 2.81 bits per heavy atom. The number of halogens is 4. The zero-order valence-corrected chi connectivity index (χ0v) is 15.0. The third-order valence-electron chi connectivity index (χ3n) is 4.78. The number of nitrogens with one attached hydrogen (secondary N) is 3. The summed E-state index contributed by atoms with van der Waals surface area (Å²) in [5.41, 5.74) is -1.17. The van der Waals surface area contributed by atoms with Gasteiger partial charge in [0.15, 0.2) is 0 Å². The molecule has 26 heavy (non-hydrogen) atoms. The maximum absolute atomic E-state index is 13.3. The first kappa shape index (κ1) is 21.1. The summed E-state index contributed by atoms with van der Waals surface area (Å²) in [6.07, 6.45) is -0.875. The predicted molar refractivity (Wildman–Crippen MR) is 92.4 cm³/mol. The average molecular weight is 377 g/mol. The van der Waals surface area contributed by atoms with Gasteiger partial charge in [-0.15, -0.1) is 0 Å². The van der Waals surface area contributed by atoms with E-state index in [4.69, 9.17) is 0 Å². The van der Waals surface area contributed by atoms with E-state index < -0.39 is 29.9 Å². The summed E-state index contributed by atoms with van der Waals surface area (Å²) in [6.45, 7) is 4.61. The monoisotopic (exact) mass is 377 g/mol. The molecular formula is C18H27F4N3O. The Morgan fingerprint density at radius 1 is 1.35 bits per heavy atom. The van der Waals surface area contributed by atoms with E-state index in [1.54, 1.807) is 0 Å². The molecule has 148 valence electrons. The first-order chi connectivity index (χ1) is 12.3. The number of piperidine rings is 1. The molecule has 0 saturated carbocycles. The zero-order valence-electron chi connectivity index (χ0n) is 15.0. The van der Waals surface area contributed by atoms with Gasteiger partial charge in [-0.25, -0.2) is 4.39 Å². The molecule has 0 spiro atoms. The Balaban J connectivity index is 1.61. The lowest BCUT2D eigenvalue weighted by Crippen LogP contribution is -2.46. The molecule has 3 unspecified atom stereocenters. The van der Waals surface area contributed by atoms with Crippen molar-refractivity contribution in [3.05, 3.63) is 23.6 Å². The van der Waals surface area contributed by atoms with Crippen LogP contribution in [0, 0.1) is 5.92 Å². The standard InChI is InChI=1S/C18H27F4N3O/c1-12-8-14(4-5-24-12)25-7-6-23-11-15(26)9-13-2-3-17(19)16(10-13)18(20,21)22/h2-3,12-14,23-25H,4-11H2,1H3. The molecule has 1 aliphatic heterocycles. The molecule has 1 fully saturated rings. The summed E-state index contributed by atoms with van der Waals surface area (Å²) in [4.78, 5) is 11.9. The van der Waals surface area contributed by atoms with Crippen LogP contribution >= 0.6 is 0 Å². The molecule has 2 rings (SSSR count). The highest BCUT2D eigenvalue weighted by Gasteiger charge is 2.38. The van der Waals surface area contributed by atoms with Crippen LogP contribution in [0.3, 0.4) is 0 Å². The second-order valence-electron chi connectivity index (χ2n) is 7.10. The van der Waals surface area contributed by atoms with Gasteiger partial charge in [0.2, 0.25) is 0 Å². The van der Waals surface area contributed by atoms with Crippen molar-refractivity contribution in [2.75, 3.05) is 26.2 Å². The largest absolute Gasteiger partial charge is 0.415 e. The fraction of sp³-hybridized carbons (Fsp3) is 0.722. The van der Waals surface area contributed by atoms with E-state index in [1.165, 1.54) is 6.08 Å². The van der Waals surface area contributed by atoms with Crippen LogP contribution < -0.4 is 16.0 Å². The maximum Gasteiger partial charge on any atom is 0.415 e. The van der Waals surface area contributed by atoms with E-state index >= 15 is 0 Å². The first-order valence-corrected chi connectivity index (χ1v) is 9.09. The van der Waals surface area contributed by atoms with Crippen LogP contribution in [0.4, 0.5) is 17.6 Å². The van der Waals surface area contributed by atoms with E-state index in [-0.39, 0.29) is 18.7 Å². The van der Waals surface area contributed by atoms with Crippen molar-refractivity contribution < 1.29 is 22.4 Å². The quantitative estimate of drug-likeness (QED) is 0.450. The summed E-state index contributed by atoms with van der Waals surface area (Å²) >= 11 is 0. The molecule has 8 heteroatoms. The summed E-state index contributed by atoms with van der Waals surface area (Å²) in [5.74, 6) is -2.02. The minimum Gasteiger partial charge on any atom is -0.314 e. The minimum atomic E-state index is -4.69. The van der Waals surface area contributed by atoms with Crippen LogP contribution in [0.5, 0.6) is 0 Å². The van der Waals surface area contributed by atoms with Gasteiger partial charge in [-0.2, -0.15) is 13.2 Å². The molecule has 4 nitrogen and oxygen atoms in total. The lowest BCUT2D eigenvalue weighted by molar-refractivity contribution is -0.119. The molecule has 1 saturated heterocycles. The van der Waals surface area contributed by atoms with Gasteiger partial charge in [0.1, 0.15) is 11.6 Å². The zero-order chi connectivity index (χ0) is 19.2. The molecule has 0 aromatic rings. The highest BCUT2D eigenvalue weighted by atomic mass is 19.4. The lowest BCUT2D eigenvalue weighted by Gasteiger charge is -2.28. The van der Waals surface area contributed by atoms with Gasteiger partial charge in [0.05, 0.1) is 12.1 Å². The predicted octanol–water partition coefficient (Wildman–Crippen LogP) is 2.63. The van der Waals surface area contributed by atoms with Crippen molar-refractivity contribution in [1.29, 1.82) is 0 Å². The molecular weight excluding hydrogens is 350 g/mol. The van der Waals surface area contributed by atoms with E-state index in [0.717, 1.165) is 32.0 Å². The Morgan fingerprint density at radius 2 is 2.12 bits per heavy atom. The Bertz CT molecular complexity index is 545. The SMILES string of the molecule is CC1CC(NCCNCC(=O)CC2C=CC(F)=C(C(F)(F)F)C2)CCN1. The van der Waals surface area contributed by atoms with Gasteiger partial charge in [-0.1, -0.05) is 6.08 Å². The van der Waals surface area contributed by atoms with Crippen molar-refractivity contribution in [1.82, 2.24) is 16.0 Å². The van der Waals surface area contributed by atoms with Gasteiger partial charge in [-0.3, -0.25) is 4.79 Å². The third-order valence-corrected chi connectivity index (χ3v) is 4.78. The number of ketones is 1. The number of hydrogen-bond acceptors (Lipinski definition) is 4. The Hall–Kier alpha value is -1.25. The molecule has 0 radical (unpaired) electrons. The van der Waals surface area contributed by atoms with Gasteiger partial charge < -0.3 is 16.0 Å². The number of carbonyl (C=O) groups excluding carboxylic acids is 1. The lowest BCUT2D eigenvalue weighted by atomic mass is 9.89. The van der Waals surface area contributed by atoms with E-state index in [2.05, 4.69) is 22.9 Å². The van der Waals surface area contributed by atoms with Crippen LogP contribution in [-0.2, 0) is 4.79 Å². The molecule has 3 atom stereocenters. The van der Waals surface area contributed by atoms with E-state index in [0.29, 0.717) is 18.6 Å². The van der Waals surface area contributed by atoms with Crippen LogP contribution in [0.25, 0.3) is 0 Å². The molecule has 0 aromatic carbocycles. The van der Waals surface area contributed by atoms with Crippen molar-refractivity contribution in [2.45, 2.75) is 50.9 Å².